The van der Waals surface area contributed by atoms with Crippen molar-refractivity contribution >= 4 is 16.7 Å². The molecule has 0 aliphatic rings. The van der Waals surface area contributed by atoms with E-state index < -0.39 is 6.77 Å². The summed E-state index contributed by atoms with van der Waals surface area (Å²) < 4.78 is 0. The van der Waals surface area contributed by atoms with Gasteiger partial charge in [0, 0.05) is 9.90 Å². The molecule has 40 valence electrons. The van der Waals surface area contributed by atoms with Crippen LogP contribution in [0.2, 0.25) is 19.6 Å². The second-order valence-corrected chi connectivity index (χ2v) is 10.4. The van der Waals surface area contributed by atoms with Crippen LogP contribution in [0.15, 0.2) is 0 Å². The van der Waals surface area contributed by atoms with Crippen LogP contribution in [0.5, 0.6) is 0 Å². The van der Waals surface area contributed by atoms with Gasteiger partial charge in [-0.3, -0.25) is 0 Å². The molecule has 3 heteroatoms. The standard InChI is InChI=1S/C3H9Si.Ni.P/c1-4(2)3;;/h1-3H3;;. The second-order valence-electron chi connectivity index (χ2n) is 1.97. The molecule has 3 radical (unpaired) electrons. The van der Waals surface area contributed by atoms with Crippen molar-refractivity contribution in [2.24, 2.45) is 0 Å². The maximum Gasteiger partial charge on any atom is 0 e. The molecular formula is C3H9NiPSi. The fourth-order valence-corrected chi connectivity index (χ4v) is 0. The summed E-state index contributed by atoms with van der Waals surface area (Å²) in [5.74, 6) is 0. The summed E-state index contributed by atoms with van der Waals surface area (Å²) in [6.45, 7) is 5.49. The molecule has 0 spiro atoms. The minimum Gasteiger partial charge on any atom is 0 e. The molecule has 6 heavy (non-hydrogen) atoms. The van der Waals surface area contributed by atoms with Gasteiger partial charge in [-0.1, -0.05) is 0 Å². The van der Waals surface area contributed by atoms with Crippen molar-refractivity contribution in [2.45, 2.75) is 19.6 Å². The van der Waals surface area contributed by atoms with Crippen molar-refractivity contribution < 1.29 is 14.8 Å². The number of hydrogen-bond donors (Lipinski definition) is 0. The molecule has 0 aromatic carbocycles. The first-order valence-electron chi connectivity index (χ1n) is 1.66. The van der Waals surface area contributed by atoms with Crippen molar-refractivity contribution in [3.63, 3.8) is 0 Å². The van der Waals surface area contributed by atoms with Crippen LogP contribution < -0.4 is 0 Å². The summed E-state index contributed by atoms with van der Waals surface area (Å²) in [6.07, 6.45) is 0. The fourth-order valence-electron chi connectivity index (χ4n) is 0. The van der Waals surface area contributed by atoms with Crippen LogP contribution in [0.1, 0.15) is 0 Å². The van der Waals surface area contributed by atoms with Crippen LogP contribution >= 0.6 is 9.90 Å². The quantitative estimate of drug-likeness (QED) is 0.379. The van der Waals surface area contributed by atoms with E-state index in [-0.39, 0.29) is 9.90 Å². The van der Waals surface area contributed by atoms with Gasteiger partial charge in [-0.15, -0.1) is 0 Å². The van der Waals surface area contributed by atoms with E-state index in [0.29, 0.717) is 0 Å². The Balaban J connectivity index is 0. The molecule has 0 unspecified atom stereocenters. The molecule has 0 nitrogen and oxygen atoms in total. The van der Waals surface area contributed by atoms with Gasteiger partial charge < -0.3 is 0 Å². The van der Waals surface area contributed by atoms with E-state index >= 15 is 0 Å². The van der Waals surface area contributed by atoms with Crippen molar-refractivity contribution in [3.8, 4) is 0 Å². The zero-order chi connectivity index (χ0) is 4.50. The van der Waals surface area contributed by atoms with Crippen LogP contribution in [0, 0.1) is 0 Å². The molecule has 0 aliphatic carbocycles. The van der Waals surface area contributed by atoms with Gasteiger partial charge in [0.1, 0.15) is 0 Å². The van der Waals surface area contributed by atoms with Crippen LogP contribution in [0.25, 0.3) is 0 Å². The summed E-state index contributed by atoms with van der Waals surface area (Å²) in [5, 5.41) is 0. The van der Waals surface area contributed by atoms with Gasteiger partial charge >= 0.3 is 41.2 Å². The molecule has 0 aromatic heterocycles. The molecule has 0 aromatic rings. The van der Waals surface area contributed by atoms with Crippen molar-refractivity contribution in [3.05, 3.63) is 0 Å². The van der Waals surface area contributed by atoms with E-state index in [1.54, 1.807) is 0 Å². The Morgan fingerprint density at radius 1 is 1.17 bits per heavy atom. The fraction of sp³-hybridized carbons (Fsp3) is 1.00. The SMILES string of the molecule is C[Si](C)(C)[Ni].[P]. The normalized spacial score (nSPS) is 10.2. The third kappa shape index (κ3) is 67.8. The Bertz CT molecular complexity index is 26.3. The van der Waals surface area contributed by atoms with E-state index in [0.717, 1.165) is 0 Å². The van der Waals surface area contributed by atoms with Gasteiger partial charge in [0.25, 0.3) is 0 Å². The van der Waals surface area contributed by atoms with Gasteiger partial charge in [-0.05, 0) is 0 Å². The molecule has 0 fully saturated rings. The van der Waals surface area contributed by atoms with Crippen molar-refractivity contribution in [1.82, 2.24) is 0 Å². The molecule has 0 saturated carbocycles. The van der Waals surface area contributed by atoms with E-state index in [1.807, 2.05) is 0 Å². The minimum absolute atomic E-state index is 0. The van der Waals surface area contributed by atoms with Gasteiger partial charge in [0.05, 0.1) is 0 Å². The summed E-state index contributed by atoms with van der Waals surface area (Å²) in [5.41, 5.74) is 0. The van der Waals surface area contributed by atoms with E-state index in [2.05, 4.69) is 19.6 Å². The van der Waals surface area contributed by atoms with Crippen molar-refractivity contribution in [2.75, 3.05) is 0 Å². The first kappa shape index (κ1) is 10.2. The molecule has 0 heterocycles. The van der Waals surface area contributed by atoms with E-state index in [1.165, 1.54) is 0 Å². The first-order valence-corrected chi connectivity index (χ1v) is 6.46. The topological polar surface area (TPSA) is 0 Å². The Morgan fingerprint density at radius 3 is 1.17 bits per heavy atom. The predicted octanol–water partition coefficient (Wildman–Crippen LogP) is 2.23. The van der Waals surface area contributed by atoms with Gasteiger partial charge in [-0.25, -0.2) is 0 Å². The first-order chi connectivity index (χ1) is 2.00. The van der Waals surface area contributed by atoms with Gasteiger partial charge in [0.2, 0.25) is 0 Å². The Hall–Kier alpha value is 1.14. The molecule has 0 N–H and O–H groups in total. The molecule has 0 aliphatic heterocycles. The van der Waals surface area contributed by atoms with Crippen LogP contribution in [-0.2, 0) is 14.8 Å². The third-order valence-corrected chi connectivity index (χ3v) is 0. The Labute approximate surface area is 51.6 Å². The zero-order valence-corrected chi connectivity index (χ0v) is 7.15. The monoisotopic (exact) mass is 162 g/mol. The molecule has 0 amide bonds. The third-order valence-electron chi connectivity index (χ3n) is 0. The van der Waals surface area contributed by atoms with Crippen LogP contribution in [0.3, 0.4) is 0 Å². The Morgan fingerprint density at radius 2 is 1.17 bits per heavy atom. The maximum atomic E-state index is 4.70. The average molecular weight is 163 g/mol. The summed E-state index contributed by atoms with van der Waals surface area (Å²) in [7, 11) is 0. The second kappa shape index (κ2) is 3.18. The minimum atomic E-state index is -0.986. The molecule has 0 rings (SSSR count). The summed E-state index contributed by atoms with van der Waals surface area (Å²) >= 11 is 4.70. The maximum absolute atomic E-state index is 4.70. The van der Waals surface area contributed by atoms with E-state index in [9.17, 15) is 0 Å². The number of rotatable bonds is 0. The van der Waals surface area contributed by atoms with Crippen LogP contribution in [0.4, 0.5) is 0 Å². The Kier molecular flexibility index (Phi) is 5.40. The summed E-state index contributed by atoms with van der Waals surface area (Å²) in [6, 6.07) is 0. The molecule has 0 bridgehead atoms. The molecule has 0 atom stereocenters. The molecule has 0 saturated heterocycles. The van der Waals surface area contributed by atoms with Crippen LogP contribution in [-0.4, -0.2) is 6.77 Å². The predicted molar refractivity (Wildman–Crippen MR) is 30.3 cm³/mol. The van der Waals surface area contributed by atoms with Crippen molar-refractivity contribution in [1.29, 1.82) is 0 Å². The van der Waals surface area contributed by atoms with Gasteiger partial charge in [-0.2, -0.15) is 0 Å². The summed E-state index contributed by atoms with van der Waals surface area (Å²) in [4.78, 5) is 0. The van der Waals surface area contributed by atoms with Gasteiger partial charge in [0.15, 0.2) is 0 Å². The molecular weight excluding hydrogens is 154 g/mol. The largest absolute Gasteiger partial charge is 0 e. The zero-order valence-electron chi connectivity index (χ0n) is 4.26. The van der Waals surface area contributed by atoms with E-state index in [4.69, 9.17) is 14.8 Å². The number of hydrogen-bond acceptors (Lipinski definition) is 0. The smallest absolute Gasteiger partial charge is 0 e. The average Bonchev–Trinajstić information content (AvgIpc) is 0.722.